The van der Waals surface area contributed by atoms with E-state index in [2.05, 4.69) is 62.2 Å². The van der Waals surface area contributed by atoms with Crippen LogP contribution in [0, 0.1) is 6.92 Å². The molecule has 0 aliphatic carbocycles. The maximum absolute atomic E-state index is 4.67. The van der Waals surface area contributed by atoms with Crippen LogP contribution in [-0.2, 0) is 13.1 Å². The van der Waals surface area contributed by atoms with Crippen molar-refractivity contribution in [3.63, 3.8) is 0 Å². The molecule has 0 saturated carbocycles. The van der Waals surface area contributed by atoms with Gasteiger partial charge in [-0.2, -0.15) is 5.10 Å². The zero-order valence-electron chi connectivity index (χ0n) is 15.7. The largest absolute Gasteiger partial charge is 0.366 e. The highest BCUT2D eigenvalue weighted by molar-refractivity contribution is 5.38. The monoisotopic (exact) mass is 362 g/mol. The van der Waals surface area contributed by atoms with Crippen molar-refractivity contribution in [1.82, 2.24) is 25.1 Å². The number of aromatic nitrogens is 4. The van der Waals surface area contributed by atoms with E-state index in [1.807, 2.05) is 23.9 Å². The van der Waals surface area contributed by atoms with Crippen LogP contribution in [0.5, 0.6) is 0 Å². The molecule has 3 heterocycles. The fourth-order valence-corrected chi connectivity index (χ4v) is 3.56. The molecule has 3 aromatic rings. The number of benzene rings is 1. The number of anilines is 1. The number of nitrogens with zero attached hydrogens (tertiary/aromatic N) is 4. The lowest BCUT2D eigenvalue weighted by Crippen LogP contribution is -2.27. The van der Waals surface area contributed by atoms with Crippen molar-refractivity contribution in [3.05, 3.63) is 71.4 Å². The summed E-state index contributed by atoms with van der Waals surface area (Å²) in [6, 6.07) is 12.5. The SMILES string of the molecule is Cc1nc(NCc2cnn(Cc3ccccc3)c2)cc(C2CCNCC2)n1. The molecule has 1 aromatic carbocycles. The van der Waals surface area contributed by atoms with Gasteiger partial charge in [-0.1, -0.05) is 30.3 Å². The third kappa shape index (κ3) is 4.71. The van der Waals surface area contributed by atoms with Crippen LogP contribution in [0.4, 0.5) is 5.82 Å². The molecular formula is C21H26N6. The Hall–Kier alpha value is -2.73. The second-order valence-electron chi connectivity index (χ2n) is 7.13. The van der Waals surface area contributed by atoms with E-state index >= 15 is 0 Å². The maximum atomic E-state index is 4.67. The van der Waals surface area contributed by atoms with Crippen LogP contribution in [0.15, 0.2) is 48.8 Å². The molecule has 140 valence electrons. The van der Waals surface area contributed by atoms with E-state index in [1.54, 1.807) is 0 Å². The summed E-state index contributed by atoms with van der Waals surface area (Å²) in [6.45, 7) is 5.59. The second-order valence-corrected chi connectivity index (χ2v) is 7.13. The van der Waals surface area contributed by atoms with Gasteiger partial charge in [0.05, 0.1) is 12.7 Å². The van der Waals surface area contributed by atoms with E-state index in [9.17, 15) is 0 Å². The second kappa shape index (κ2) is 8.31. The Kier molecular flexibility index (Phi) is 5.44. The highest BCUT2D eigenvalue weighted by Crippen LogP contribution is 2.25. The Morgan fingerprint density at radius 3 is 2.74 bits per heavy atom. The fourth-order valence-electron chi connectivity index (χ4n) is 3.56. The molecule has 6 nitrogen and oxygen atoms in total. The third-order valence-corrected chi connectivity index (χ3v) is 4.96. The molecule has 0 atom stereocenters. The smallest absolute Gasteiger partial charge is 0.130 e. The van der Waals surface area contributed by atoms with Crippen LogP contribution < -0.4 is 10.6 Å². The highest BCUT2D eigenvalue weighted by atomic mass is 15.3. The molecular weight excluding hydrogens is 336 g/mol. The van der Waals surface area contributed by atoms with Gasteiger partial charge in [0.15, 0.2) is 0 Å². The van der Waals surface area contributed by atoms with Gasteiger partial charge in [0.25, 0.3) is 0 Å². The first-order valence-corrected chi connectivity index (χ1v) is 9.62. The molecule has 6 heteroatoms. The standard InChI is InChI=1S/C21H26N6/c1-16-25-20(19-7-9-22-10-8-19)11-21(26-16)23-12-18-13-24-27(15-18)14-17-5-3-2-4-6-17/h2-6,11,13,15,19,22H,7-10,12,14H2,1H3,(H,23,25,26). The van der Waals surface area contributed by atoms with Gasteiger partial charge in [-0.3, -0.25) is 4.68 Å². The quantitative estimate of drug-likeness (QED) is 0.705. The van der Waals surface area contributed by atoms with Crippen molar-refractivity contribution in [1.29, 1.82) is 0 Å². The summed E-state index contributed by atoms with van der Waals surface area (Å²) in [7, 11) is 0. The number of hydrogen-bond acceptors (Lipinski definition) is 5. The fraction of sp³-hybridized carbons (Fsp3) is 0.381. The van der Waals surface area contributed by atoms with Crippen LogP contribution in [0.25, 0.3) is 0 Å². The summed E-state index contributed by atoms with van der Waals surface area (Å²) in [5, 5.41) is 11.3. The Balaban J connectivity index is 1.39. The molecule has 0 radical (unpaired) electrons. The molecule has 0 amide bonds. The van der Waals surface area contributed by atoms with Gasteiger partial charge in [-0.15, -0.1) is 0 Å². The zero-order chi connectivity index (χ0) is 18.5. The Morgan fingerprint density at radius 2 is 1.93 bits per heavy atom. The Bertz CT molecular complexity index is 867. The van der Waals surface area contributed by atoms with E-state index in [-0.39, 0.29) is 0 Å². The molecule has 2 N–H and O–H groups in total. The van der Waals surface area contributed by atoms with E-state index in [1.165, 1.54) is 5.56 Å². The predicted molar refractivity (Wildman–Crippen MR) is 107 cm³/mol. The van der Waals surface area contributed by atoms with E-state index in [0.29, 0.717) is 12.5 Å². The molecule has 1 aliphatic rings. The normalized spacial score (nSPS) is 15.0. The minimum atomic E-state index is 0.530. The molecule has 0 unspecified atom stereocenters. The lowest BCUT2D eigenvalue weighted by Gasteiger charge is -2.22. The first-order valence-electron chi connectivity index (χ1n) is 9.62. The number of hydrogen-bond donors (Lipinski definition) is 2. The summed E-state index contributed by atoms with van der Waals surface area (Å²) < 4.78 is 1.97. The lowest BCUT2D eigenvalue weighted by molar-refractivity contribution is 0.452. The molecule has 1 aliphatic heterocycles. The van der Waals surface area contributed by atoms with Gasteiger partial charge in [-0.25, -0.2) is 9.97 Å². The summed E-state index contributed by atoms with van der Waals surface area (Å²) in [6.07, 6.45) is 6.28. The van der Waals surface area contributed by atoms with E-state index in [0.717, 1.165) is 55.4 Å². The molecule has 1 fully saturated rings. The van der Waals surface area contributed by atoms with Gasteiger partial charge < -0.3 is 10.6 Å². The predicted octanol–water partition coefficient (Wildman–Crippen LogP) is 3.11. The molecule has 4 rings (SSSR count). The average Bonchev–Trinajstić information content (AvgIpc) is 3.15. The van der Waals surface area contributed by atoms with Crippen molar-refractivity contribution in [2.45, 2.75) is 38.8 Å². The number of rotatable bonds is 6. The summed E-state index contributed by atoms with van der Waals surface area (Å²) in [5.74, 6) is 2.25. The third-order valence-electron chi connectivity index (χ3n) is 4.96. The zero-order valence-corrected chi connectivity index (χ0v) is 15.7. The topological polar surface area (TPSA) is 67.7 Å². The van der Waals surface area contributed by atoms with Gasteiger partial charge in [0.2, 0.25) is 0 Å². The van der Waals surface area contributed by atoms with Crippen LogP contribution in [0.3, 0.4) is 0 Å². The van der Waals surface area contributed by atoms with Crippen LogP contribution >= 0.6 is 0 Å². The van der Waals surface area contributed by atoms with Crippen molar-refractivity contribution < 1.29 is 0 Å². The van der Waals surface area contributed by atoms with Crippen molar-refractivity contribution in [2.24, 2.45) is 0 Å². The summed E-state index contributed by atoms with van der Waals surface area (Å²) in [5.41, 5.74) is 3.55. The van der Waals surface area contributed by atoms with Crippen molar-refractivity contribution in [2.75, 3.05) is 18.4 Å². The molecule has 2 aromatic heterocycles. The maximum Gasteiger partial charge on any atom is 0.130 e. The van der Waals surface area contributed by atoms with Crippen molar-refractivity contribution >= 4 is 5.82 Å². The minimum Gasteiger partial charge on any atom is -0.366 e. The first-order chi connectivity index (χ1) is 13.3. The van der Waals surface area contributed by atoms with Crippen LogP contribution in [-0.4, -0.2) is 32.8 Å². The number of piperidine rings is 1. The van der Waals surface area contributed by atoms with Gasteiger partial charge in [-0.05, 0) is 38.4 Å². The van der Waals surface area contributed by atoms with Crippen LogP contribution in [0.1, 0.15) is 41.4 Å². The van der Waals surface area contributed by atoms with Gasteiger partial charge in [0.1, 0.15) is 11.6 Å². The Morgan fingerprint density at radius 1 is 1.11 bits per heavy atom. The molecule has 0 bridgehead atoms. The minimum absolute atomic E-state index is 0.530. The summed E-state index contributed by atoms with van der Waals surface area (Å²) in [4.78, 5) is 9.22. The molecule has 0 spiro atoms. The lowest BCUT2D eigenvalue weighted by atomic mass is 9.94. The number of aryl methyl sites for hydroxylation is 1. The van der Waals surface area contributed by atoms with Crippen molar-refractivity contribution in [3.8, 4) is 0 Å². The van der Waals surface area contributed by atoms with E-state index in [4.69, 9.17) is 0 Å². The van der Waals surface area contributed by atoms with Gasteiger partial charge in [0, 0.05) is 36.0 Å². The summed E-state index contributed by atoms with van der Waals surface area (Å²) >= 11 is 0. The van der Waals surface area contributed by atoms with Crippen LogP contribution in [0.2, 0.25) is 0 Å². The Labute approximate surface area is 160 Å². The van der Waals surface area contributed by atoms with E-state index < -0.39 is 0 Å². The van der Waals surface area contributed by atoms with Gasteiger partial charge >= 0.3 is 0 Å². The molecule has 27 heavy (non-hydrogen) atoms. The average molecular weight is 362 g/mol. The number of nitrogens with one attached hydrogen (secondary N) is 2. The first kappa shape index (κ1) is 17.7. The highest BCUT2D eigenvalue weighted by Gasteiger charge is 2.17. The molecule has 1 saturated heterocycles.